The molecule has 1 atom stereocenters. The highest BCUT2D eigenvalue weighted by atomic mass is 16.3. The number of amides is 2. The van der Waals surface area contributed by atoms with E-state index in [9.17, 15) is 14.7 Å². The zero-order valence-corrected chi connectivity index (χ0v) is 8.72. The van der Waals surface area contributed by atoms with Gasteiger partial charge in [0, 0.05) is 6.42 Å². The Labute approximate surface area is 93.1 Å². The Morgan fingerprint density at radius 2 is 1.75 bits per heavy atom. The molecule has 0 saturated carbocycles. The lowest BCUT2D eigenvalue weighted by molar-refractivity contribution is -0.130. The van der Waals surface area contributed by atoms with Gasteiger partial charge in [0.15, 0.2) is 0 Å². The summed E-state index contributed by atoms with van der Waals surface area (Å²) in [5.74, 6) is -1.45. The van der Waals surface area contributed by atoms with Crippen LogP contribution in [0.15, 0.2) is 30.3 Å². The molecular weight excluding hydrogens is 208 g/mol. The third kappa shape index (κ3) is 2.20. The lowest BCUT2D eigenvalue weighted by Gasteiger charge is -2.27. The normalized spacial score (nSPS) is 14.1. The van der Waals surface area contributed by atoms with Crippen LogP contribution < -0.4 is 11.5 Å². The van der Waals surface area contributed by atoms with Crippen molar-refractivity contribution in [2.45, 2.75) is 11.8 Å². The minimum absolute atomic E-state index is 0.303. The van der Waals surface area contributed by atoms with E-state index in [1.165, 1.54) is 0 Å². The fraction of sp³-hybridized carbons (Fsp3) is 0.273. The molecular formula is C11H14N2O3. The van der Waals surface area contributed by atoms with Gasteiger partial charge in [0.05, 0.1) is 6.61 Å². The Balaban J connectivity index is 3.23. The summed E-state index contributed by atoms with van der Waals surface area (Å²) in [4.78, 5) is 22.4. The van der Waals surface area contributed by atoms with Crippen LogP contribution in [0.2, 0.25) is 0 Å². The zero-order valence-electron chi connectivity index (χ0n) is 8.72. The van der Waals surface area contributed by atoms with Gasteiger partial charge in [0.2, 0.25) is 11.8 Å². The smallest absolute Gasteiger partial charge is 0.230 e. The largest absolute Gasteiger partial charge is 0.395 e. The third-order valence-electron chi connectivity index (χ3n) is 2.54. The Bertz CT molecular complexity index is 391. The third-order valence-corrected chi connectivity index (χ3v) is 2.54. The zero-order chi connectivity index (χ0) is 12.2. The second-order valence-corrected chi connectivity index (χ2v) is 3.61. The molecule has 16 heavy (non-hydrogen) atoms. The lowest BCUT2D eigenvalue weighted by Crippen LogP contribution is -2.47. The van der Waals surface area contributed by atoms with Gasteiger partial charge in [-0.1, -0.05) is 30.3 Å². The molecule has 0 aliphatic rings. The lowest BCUT2D eigenvalue weighted by atomic mass is 9.77. The molecule has 0 aliphatic carbocycles. The second kappa shape index (κ2) is 4.76. The van der Waals surface area contributed by atoms with E-state index in [-0.39, 0.29) is 6.42 Å². The topological polar surface area (TPSA) is 106 Å². The summed E-state index contributed by atoms with van der Waals surface area (Å²) in [6, 6.07) is 8.41. The van der Waals surface area contributed by atoms with Crippen molar-refractivity contribution in [1.82, 2.24) is 0 Å². The van der Waals surface area contributed by atoms with Crippen LogP contribution in [0.1, 0.15) is 12.0 Å². The molecule has 86 valence electrons. The first kappa shape index (κ1) is 12.2. The van der Waals surface area contributed by atoms with Crippen LogP contribution in [0.25, 0.3) is 0 Å². The fourth-order valence-electron chi connectivity index (χ4n) is 1.61. The molecule has 1 aromatic carbocycles. The Morgan fingerprint density at radius 3 is 2.12 bits per heavy atom. The first-order valence-corrected chi connectivity index (χ1v) is 4.77. The molecule has 0 fully saturated rings. The van der Waals surface area contributed by atoms with Crippen LogP contribution in [-0.2, 0) is 15.0 Å². The minimum atomic E-state index is -1.42. The van der Waals surface area contributed by atoms with Gasteiger partial charge in [-0.15, -0.1) is 0 Å². The van der Waals surface area contributed by atoms with E-state index in [1.54, 1.807) is 30.3 Å². The highest BCUT2D eigenvalue weighted by Gasteiger charge is 2.39. The van der Waals surface area contributed by atoms with Crippen molar-refractivity contribution in [2.75, 3.05) is 6.61 Å². The Morgan fingerprint density at radius 1 is 1.19 bits per heavy atom. The van der Waals surface area contributed by atoms with Crippen molar-refractivity contribution < 1.29 is 14.7 Å². The second-order valence-electron chi connectivity index (χ2n) is 3.61. The van der Waals surface area contributed by atoms with Crippen LogP contribution in [0.3, 0.4) is 0 Å². The number of nitrogens with two attached hydrogens (primary N) is 2. The summed E-state index contributed by atoms with van der Waals surface area (Å²) in [7, 11) is 0. The van der Waals surface area contributed by atoms with Crippen molar-refractivity contribution in [3.05, 3.63) is 35.9 Å². The van der Waals surface area contributed by atoms with E-state index < -0.39 is 23.8 Å². The number of hydrogen-bond acceptors (Lipinski definition) is 3. The summed E-state index contributed by atoms with van der Waals surface area (Å²) in [6.07, 6.45) is -0.303. The van der Waals surface area contributed by atoms with Gasteiger partial charge in [0.25, 0.3) is 0 Å². The predicted molar refractivity (Wildman–Crippen MR) is 58.2 cm³/mol. The van der Waals surface area contributed by atoms with Crippen molar-refractivity contribution >= 4 is 11.8 Å². The Kier molecular flexibility index (Phi) is 3.63. The molecule has 5 heteroatoms. The van der Waals surface area contributed by atoms with Crippen molar-refractivity contribution in [1.29, 1.82) is 0 Å². The summed E-state index contributed by atoms with van der Waals surface area (Å²) in [5.41, 5.74) is 9.39. The number of benzene rings is 1. The number of aliphatic hydroxyl groups is 1. The van der Waals surface area contributed by atoms with E-state index in [0.717, 1.165) is 0 Å². The SMILES string of the molecule is NC(=O)CC(CO)(C(N)=O)c1ccccc1. The summed E-state index contributed by atoms with van der Waals surface area (Å²) in [5, 5.41) is 9.34. The molecule has 0 radical (unpaired) electrons. The van der Waals surface area contributed by atoms with E-state index in [0.29, 0.717) is 5.56 Å². The number of hydrogen-bond donors (Lipinski definition) is 3. The average molecular weight is 222 g/mol. The molecule has 1 aromatic rings. The molecule has 1 rings (SSSR count). The number of carbonyl (C=O) groups is 2. The molecule has 0 heterocycles. The van der Waals surface area contributed by atoms with E-state index in [2.05, 4.69) is 0 Å². The van der Waals surface area contributed by atoms with Gasteiger partial charge in [-0.3, -0.25) is 9.59 Å². The maximum atomic E-state index is 11.4. The van der Waals surface area contributed by atoms with Crippen molar-refractivity contribution in [2.24, 2.45) is 11.5 Å². The van der Waals surface area contributed by atoms with Gasteiger partial charge < -0.3 is 16.6 Å². The molecule has 0 aromatic heterocycles. The van der Waals surface area contributed by atoms with E-state index >= 15 is 0 Å². The molecule has 0 saturated heterocycles. The highest BCUT2D eigenvalue weighted by Crippen LogP contribution is 2.27. The number of carbonyl (C=O) groups excluding carboxylic acids is 2. The van der Waals surface area contributed by atoms with Crippen LogP contribution in [0.5, 0.6) is 0 Å². The molecule has 5 N–H and O–H groups in total. The molecule has 1 unspecified atom stereocenters. The average Bonchev–Trinajstić information content (AvgIpc) is 2.26. The standard InChI is InChI=1S/C11H14N2O3/c12-9(15)6-11(7-14,10(13)16)8-4-2-1-3-5-8/h1-5,14H,6-7H2,(H2,12,15)(H2,13,16). The van der Waals surface area contributed by atoms with Crippen LogP contribution in [0, 0.1) is 0 Å². The van der Waals surface area contributed by atoms with Gasteiger partial charge >= 0.3 is 0 Å². The summed E-state index contributed by atoms with van der Waals surface area (Å²) < 4.78 is 0. The van der Waals surface area contributed by atoms with Crippen molar-refractivity contribution in [3.8, 4) is 0 Å². The first-order chi connectivity index (χ1) is 7.53. The summed E-state index contributed by atoms with van der Waals surface area (Å²) in [6.45, 7) is -0.546. The molecule has 5 nitrogen and oxygen atoms in total. The molecule has 2 amide bonds. The first-order valence-electron chi connectivity index (χ1n) is 4.77. The number of aliphatic hydroxyl groups excluding tert-OH is 1. The van der Waals surface area contributed by atoms with Gasteiger partial charge in [0.1, 0.15) is 5.41 Å². The van der Waals surface area contributed by atoms with Gasteiger partial charge in [-0.2, -0.15) is 0 Å². The quantitative estimate of drug-likeness (QED) is 0.611. The molecule has 0 spiro atoms. The maximum absolute atomic E-state index is 11.4. The Hall–Kier alpha value is -1.88. The predicted octanol–water partition coefficient (Wildman–Crippen LogP) is -0.723. The van der Waals surface area contributed by atoms with Crippen LogP contribution in [-0.4, -0.2) is 23.5 Å². The monoisotopic (exact) mass is 222 g/mol. The highest BCUT2D eigenvalue weighted by molar-refractivity contribution is 5.92. The molecule has 0 aliphatic heterocycles. The number of rotatable bonds is 5. The van der Waals surface area contributed by atoms with Crippen molar-refractivity contribution in [3.63, 3.8) is 0 Å². The van der Waals surface area contributed by atoms with Crippen LogP contribution in [0.4, 0.5) is 0 Å². The van der Waals surface area contributed by atoms with Gasteiger partial charge in [-0.25, -0.2) is 0 Å². The van der Waals surface area contributed by atoms with Crippen LogP contribution >= 0.6 is 0 Å². The van der Waals surface area contributed by atoms with Gasteiger partial charge in [-0.05, 0) is 5.56 Å². The molecule has 0 bridgehead atoms. The summed E-state index contributed by atoms with van der Waals surface area (Å²) >= 11 is 0. The number of primary amides is 2. The maximum Gasteiger partial charge on any atom is 0.230 e. The van der Waals surface area contributed by atoms with E-state index in [1.807, 2.05) is 0 Å². The van der Waals surface area contributed by atoms with E-state index in [4.69, 9.17) is 11.5 Å². The minimum Gasteiger partial charge on any atom is -0.395 e. The fourth-order valence-corrected chi connectivity index (χ4v) is 1.61.